The molecule has 0 aliphatic carbocycles. The van der Waals surface area contributed by atoms with Gasteiger partial charge in [0, 0.05) is 0 Å². The van der Waals surface area contributed by atoms with Crippen LogP contribution in [0.1, 0.15) is 0 Å². The third kappa shape index (κ3) is 4.21. The van der Waals surface area contributed by atoms with Crippen molar-refractivity contribution in [3.05, 3.63) is 91.0 Å². The Bertz CT molecular complexity index is 830. The normalized spacial score (nSPS) is 12.0. The first kappa shape index (κ1) is 18.8. The van der Waals surface area contributed by atoms with Gasteiger partial charge in [0.2, 0.25) is 0 Å². The van der Waals surface area contributed by atoms with E-state index in [-0.39, 0.29) is 6.61 Å². The first-order chi connectivity index (χ1) is 12.5. The van der Waals surface area contributed by atoms with Gasteiger partial charge in [-0.1, -0.05) is 54.6 Å². The molecule has 3 rings (SSSR count). The molecule has 3 nitrogen and oxygen atoms in total. The number of hydrogen-bond acceptors (Lipinski definition) is 3. The third-order valence-electron chi connectivity index (χ3n) is 4.32. The van der Waals surface area contributed by atoms with Crippen molar-refractivity contribution in [3.8, 4) is 0 Å². The highest BCUT2D eigenvalue weighted by Gasteiger charge is 2.45. The van der Waals surface area contributed by atoms with Crippen molar-refractivity contribution in [2.45, 2.75) is 0 Å². The van der Waals surface area contributed by atoms with E-state index in [9.17, 15) is 8.42 Å². The first-order valence-corrected chi connectivity index (χ1v) is 12.2. The third-order valence-corrected chi connectivity index (χ3v) is 9.30. The summed E-state index contributed by atoms with van der Waals surface area (Å²) in [7, 11) is -5.50. The van der Waals surface area contributed by atoms with Gasteiger partial charge < -0.3 is 0 Å². The highest BCUT2D eigenvalue weighted by atomic mass is 32.2. The molecular weight excluding hydrogens is 363 g/mol. The van der Waals surface area contributed by atoms with Crippen LogP contribution in [-0.2, 0) is 14.3 Å². The Morgan fingerprint density at radius 3 is 1.35 bits per heavy atom. The predicted octanol–water partition coefficient (Wildman–Crippen LogP) is 2.96. The lowest BCUT2D eigenvalue weighted by molar-refractivity contribution is 0.344. The van der Waals surface area contributed by atoms with E-state index in [0.717, 1.165) is 6.26 Å². The Hall–Kier alpha value is -2.00. The summed E-state index contributed by atoms with van der Waals surface area (Å²) in [6, 6.07) is 31.0. The molecule has 3 aromatic carbocycles. The van der Waals surface area contributed by atoms with Crippen molar-refractivity contribution in [2.24, 2.45) is 0 Å². The van der Waals surface area contributed by atoms with Crippen molar-refractivity contribution >= 4 is 33.3 Å². The summed E-state index contributed by atoms with van der Waals surface area (Å²) in [6.07, 6.45) is 1.72. The van der Waals surface area contributed by atoms with Crippen molar-refractivity contribution in [1.82, 2.24) is 0 Å². The maximum Gasteiger partial charge on any atom is 0.264 e. The molecule has 134 valence electrons. The minimum absolute atomic E-state index is 0.158. The van der Waals surface area contributed by atoms with Gasteiger partial charge in [0.1, 0.15) is 29.8 Å². The Morgan fingerprint density at radius 2 is 1.04 bits per heavy atom. The molecule has 0 radical (unpaired) electrons. The van der Waals surface area contributed by atoms with Crippen LogP contribution < -0.4 is 15.9 Å². The molecule has 26 heavy (non-hydrogen) atoms. The average Bonchev–Trinajstić information content (AvgIpc) is 2.67. The standard InChI is InChI=1S/C21H22O3PS/c1-26(22,23)24-17-18-25(19-11-5-2-6-12-19,20-13-7-3-8-14-20)21-15-9-4-10-16-21/h2-16H,17-18H2,1H3/q+1. The van der Waals surface area contributed by atoms with Crippen LogP contribution in [0.2, 0.25) is 0 Å². The fraction of sp³-hybridized carbons (Fsp3) is 0.143. The van der Waals surface area contributed by atoms with E-state index >= 15 is 0 Å². The van der Waals surface area contributed by atoms with E-state index in [2.05, 4.69) is 36.4 Å². The number of rotatable bonds is 7. The van der Waals surface area contributed by atoms with Gasteiger partial charge in [-0.25, -0.2) is 0 Å². The van der Waals surface area contributed by atoms with Gasteiger partial charge in [0.25, 0.3) is 10.1 Å². The summed E-state index contributed by atoms with van der Waals surface area (Å²) >= 11 is 0. The lowest BCUT2D eigenvalue weighted by Gasteiger charge is -2.27. The summed E-state index contributed by atoms with van der Waals surface area (Å²) in [6.45, 7) is 0.158. The summed E-state index contributed by atoms with van der Waals surface area (Å²) < 4.78 is 28.2. The topological polar surface area (TPSA) is 43.4 Å². The van der Waals surface area contributed by atoms with Crippen molar-refractivity contribution in [1.29, 1.82) is 0 Å². The quantitative estimate of drug-likeness (QED) is 0.464. The lowest BCUT2D eigenvalue weighted by atomic mass is 10.4. The van der Waals surface area contributed by atoms with Gasteiger partial charge in [-0.2, -0.15) is 8.42 Å². The van der Waals surface area contributed by atoms with E-state index in [1.807, 2.05) is 54.6 Å². The largest absolute Gasteiger partial charge is 0.266 e. The predicted molar refractivity (Wildman–Crippen MR) is 111 cm³/mol. The fourth-order valence-corrected chi connectivity index (χ4v) is 7.79. The Kier molecular flexibility index (Phi) is 5.87. The van der Waals surface area contributed by atoms with Gasteiger partial charge >= 0.3 is 0 Å². The molecule has 0 aliphatic heterocycles. The molecule has 0 aromatic heterocycles. The zero-order valence-electron chi connectivity index (χ0n) is 14.7. The molecule has 5 heteroatoms. The Morgan fingerprint density at radius 1 is 0.692 bits per heavy atom. The highest BCUT2D eigenvalue weighted by Crippen LogP contribution is 2.54. The van der Waals surface area contributed by atoms with Crippen LogP contribution in [0.15, 0.2) is 91.0 Å². The molecule has 0 saturated carbocycles. The van der Waals surface area contributed by atoms with Crippen molar-refractivity contribution in [2.75, 3.05) is 19.0 Å². The molecule has 3 aromatic rings. The van der Waals surface area contributed by atoms with Crippen LogP contribution in [-0.4, -0.2) is 27.4 Å². The molecule has 0 saturated heterocycles. The van der Waals surface area contributed by atoms with Crippen LogP contribution >= 0.6 is 7.26 Å². The summed E-state index contributed by atoms with van der Waals surface area (Å²) in [5.41, 5.74) is 0. The lowest BCUT2D eigenvalue weighted by Crippen LogP contribution is -2.34. The van der Waals surface area contributed by atoms with Crippen LogP contribution in [0.3, 0.4) is 0 Å². The second-order valence-electron chi connectivity index (χ2n) is 6.07. The fourth-order valence-electron chi connectivity index (χ4n) is 3.21. The summed E-state index contributed by atoms with van der Waals surface area (Å²) in [4.78, 5) is 0. The molecule has 0 fully saturated rings. The van der Waals surface area contributed by atoms with E-state index in [1.165, 1.54) is 15.9 Å². The zero-order chi connectivity index (χ0) is 18.5. The maximum absolute atomic E-state index is 11.5. The zero-order valence-corrected chi connectivity index (χ0v) is 16.4. The molecule has 0 aliphatic rings. The second kappa shape index (κ2) is 8.13. The van der Waals surface area contributed by atoms with Gasteiger partial charge in [-0.3, -0.25) is 4.18 Å². The van der Waals surface area contributed by atoms with Crippen LogP contribution in [0.25, 0.3) is 0 Å². The van der Waals surface area contributed by atoms with E-state index < -0.39 is 17.4 Å². The van der Waals surface area contributed by atoms with Gasteiger partial charge in [0.15, 0.2) is 0 Å². The van der Waals surface area contributed by atoms with Crippen molar-refractivity contribution in [3.63, 3.8) is 0 Å². The monoisotopic (exact) mass is 385 g/mol. The molecule has 0 spiro atoms. The van der Waals surface area contributed by atoms with Gasteiger partial charge in [-0.15, -0.1) is 0 Å². The Labute approximate surface area is 156 Å². The van der Waals surface area contributed by atoms with Gasteiger partial charge in [0.05, 0.1) is 12.4 Å². The SMILES string of the molecule is CS(=O)(=O)OCC[P+](c1ccccc1)(c1ccccc1)c1ccccc1. The minimum Gasteiger partial charge on any atom is -0.266 e. The Balaban J connectivity index is 2.18. The minimum atomic E-state index is -3.48. The number of benzene rings is 3. The van der Waals surface area contributed by atoms with E-state index in [4.69, 9.17) is 4.18 Å². The van der Waals surface area contributed by atoms with Crippen molar-refractivity contribution < 1.29 is 12.6 Å². The van der Waals surface area contributed by atoms with Crippen LogP contribution in [0, 0.1) is 0 Å². The molecule has 0 heterocycles. The smallest absolute Gasteiger partial charge is 0.264 e. The molecule has 0 atom stereocenters. The summed E-state index contributed by atoms with van der Waals surface area (Å²) in [5.74, 6) is 0. The first-order valence-electron chi connectivity index (χ1n) is 8.42. The highest BCUT2D eigenvalue weighted by molar-refractivity contribution is 7.95. The van der Waals surface area contributed by atoms with E-state index in [1.54, 1.807) is 0 Å². The molecule has 0 unspecified atom stereocenters. The molecule has 0 N–H and O–H groups in total. The van der Waals surface area contributed by atoms with Gasteiger partial charge in [-0.05, 0) is 36.4 Å². The summed E-state index contributed by atoms with van der Waals surface area (Å²) in [5, 5.41) is 3.65. The molecule has 0 amide bonds. The second-order valence-corrected chi connectivity index (χ2v) is 11.3. The molecule has 0 bridgehead atoms. The van der Waals surface area contributed by atoms with E-state index in [0.29, 0.717) is 6.16 Å². The van der Waals surface area contributed by atoms with Crippen LogP contribution in [0.5, 0.6) is 0 Å². The van der Waals surface area contributed by atoms with Crippen LogP contribution in [0.4, 0.5) is 0 Å². The number of hydrogen-bond donors (Lipinski definition) is 0. The molecular formula is C21H22O3PS+. The maximum atomic E-state index is 11.5. The average molecular weight is 385 g/mol.